The number of fused-ring (bicyclic) bond motifs is 7. The van der Waals surface area contributed by atoms with E-state index in [-0.39, 0.29) is 0 Å². The quantitative estimate of drug-likeness (QED) is 0.269. The van der Waals surface area contributed by atoms with Crippen LogP contribution in [0.15, 0.2) is 116 Å². The third kappa shape index (κ3) is 2.50. The molecule has 162 valence electrons. The van der Waals surface area contributed by atoms with Crippen LogP contribution in [0, 0.1) is 0 Å². The molecule has 0 saturated heterocycles. The lowest BCUT2D eigenvalue weighted by molar-refractivity contribution is 1.14. The Bertz CT molecular complexity index is 1930. The van der Waals surface area contributed by atoms with Crippen LogP contribution >= 0.6 is 0 Å². The van der Waals surface area contributed by atoms with Crippen molar-refractivity contribution in [1.29, 1.82) is 0 Å². The second kappa shape index (κ2) is 6.87. The minimum Gasteiger partial charge on any atom is -0.308 e. The lowest BCUT2D eigenvalue weighted by Crippen LogP contribution is -1.96. The van der Waals surface area contributed by atoms with Crippen molar-refractivity contribution in [2.45, 2.75) is 0 Å². The summed E-state index contributed by atoms with van der Waals surface area (Å²) >= 11 is 0. The van der Waals surface area contributed by atoms with Gasteiger partial charge in [0.15, 0.2) is 0 Å². The van der Waals surface area contributed by atoms with E-state index >= 15 is 0 Å². The van der Waals surface area contributed by atoms with Gasteiger partial charge in [-0.05, 0) is 63.9 Å². The Morgan fingerprint density at radius 1 is 0.514 bits per heavy atom. The summed E-state index contributed by atoms with van der Waals surface area (Å²) in [6, 6.07) is 36.7. The molecule has 0 unspecified atom stereocenters. The van der Waals surface area contributed by atoms with Crippen LogP contribution in [0.2, 0.25) is 0 Å². The molecule has 3 heteroatoms. The average molecular weight is 446 g/mol. The van der Waals surface area contributed by atoms with Crippen molar-refractivity contribution in [3.05, 3.63) is 116 Å². The smallest absolute Gasteiger partial charge is 0.0887 e. The number of benzene rings is 4. The minimum absolute atomic E-state index is 0.873. The van der Waals surface area contributed by atoms with Crippen LogP contribution in [0.4, 0.5) is 0 Å². The topological polar surface area (TPSA) is 30.7 Å². The Morgan fingerprint density at radius 3 is 2.17 bits per heavy atom. The van der Waals surface area contributed by atoms with Crippen molar-refractivity contribution in [3.63, 3.8) is 0 Å². The molecule has 7 aromatic rings. The van der Waals surface area contributed by atoms with Crippen molar-refractivity contribution in [1.82, 2.24) is 14.5 Å². The second-order valence-corrected chi connectivity index (χ2v) is 9.06. The van der Waals surface area contributed by atoms with Crippen LogP contribution in [0.25, 0.3) is 71.9 Å². The first kappa shape index (κ1) is 18.6. The fraction of sp³-hybridized carbons (Fsp3) is 0. The molecule has 0 amide bonds. The van der Waals surface area contributed by atoms with E-state index in [2.05, 4.69) is 94.5 Å². The molecular formula is C32H19N3. The fourth-order valence-corrected chi connectivity index (χ4v) is 5.80. The van der Waals surface area contributed by atoms with Crippen LogP contribution in [-0.4, -0.2) is 14.5 Å². The number of pyridine rings is 2. The molecule has 0 bridgehead atoms. The van der Waals surface area contributed by atoms with Gasteiger partial charge in [-0.15, -0.1) is 0 Å². The van der Waals surface area contributed by atoms with Crippen LogP contribution in [0.3, 0.4) is 0 Å². The molecule has 0 atom stereocenters. The highest BCUT2D eigenvalue weighted by Crippen LogP contribution is 2.52. The third-order valence-corrected chi connectivity index (χ3v) is 7.24. The zero-order valence-electron chi connectivity index (χ0n) is 18.8. The highest BCUT2D eigenvalue weighted by Gasteiger charge is 2.26. The van der Waals surface area contributed by atoms with Crippen molar-refractivity contribution in [3.8, 4) is 39.3 Å². The number of nitrogens with zero attached hydrogens (tertiary/aromatic N) is 3. The summed E-state index contributed by atoms with van der Waals surface area (Å²) in [6.45, 7) is 0. The Balaban J connectivity index is 1.43. The Kier molecular flexibility index (Phi) is 3.66. The van der Waals surface area contributed by atoms with Gasteiger partial charge in [-0.2, -0.15) is 0 Å². The van der Waals surface area contributed by atoms with Crippen LogP contribution in [-0.2, 0) is 0 Å². The molecule has 0 radical (unpaired) electrons. The Labute approximate surface area is 202 Å². The molecule has 3 nitrogen and oxygen atoms in total. The maximum atomic E-state index is 4.77. The molecule has 3 heterocycles. The van der Waals surface area contributed by atoms with Crippen molar-refractivity contribution < 1.29 is 0 Å². The fourth-order valence-electron chi connectivity index (χ4n) is 5.80. The summed E-state index contributed by atoms with van der Waals surface area (Å²) < 4.78 is 2.34. The monoisotopic (exact) mass is 445 g/mol. The normalized spacial score (nSPS) is 12.0. The number of hydrogen-bond donors (Lipinski definition) is 0. The first-order valence-electron chi connectivity index (χ1n) is 11.8. The molecule has 3 aromatic heterocycles. The van der Waals surface area contributed by atoms with Gasteiger partial charge in [0.05, 0.1) is 34.3 Å². The molecule has 4 aromatic carbocycles. The summed E-state index contributed by atoms with van der Waals surface area (Å²) in [5, 5.41) is 5.21. The zero-order valence-corrected chi connectivity index (χ0v) is 18.8. The van der Waals surface area contributed by atoms with Crippen LogP contribution in [0.1, 0.15) is 0 Å². The minimum atomic E-state index is 0.873. The van der Waals surface area contributed by atoms with Gasteiger partial charge in [0.25, 0.3) is 0 Å². The molecule has 8 rings (SSSR count). The van der Waals surface area contributed by atoms with E-state index in [0.29, 0.717) is 0 Å². The first-order valence-corrected chi connectivity index (χ1v) is 11.8. The molecule has 0 aliphatic heterocycles. The number of aromatic nitrogens is 3. The van der Waals surface area contributed by atoms with Gasteiger partial charge < -0.3 is 4.57 Å². The number of hydrogen-bond acceptors (Lipinski definition) is 2. The summed E-state index contributed by atoms with van der Waals surface area (Å²) in [7, 11) is 0. The molecule has 0 spiro atoms. The SMILES string of the molecule is c1ccc(-c2ccc(-n3c4ccccc4c4c5c(ccc43)-c3cccc4cccc-5c34)cn2)nc1. The highest BCUT2D eigenvalue weighted by molar-refractivity contribution is 6.26. The van der Waals surface area contributed by atoms with Crippen LogP contribution in [0.5, 0.6) is 0 Å². The standard InChI is InChI=1S/C32H19N3/c1-2-13-28-24(9-1)32-29(35(28)21-14-16-27(34-19-21)26-12-3-4-18-33-26)17-15-23-22-10-5-7-20-8-6-11-25(30(20)22)31(23)32/h1-19H. The molecular weight excluding hydrogens is 426 g/mol. The van der Waals surface area contributed by atoms with E-state index in [1.165, 1.54) is 54.8 Å². The zero-order chi connectivity index (χ0) is 22.9. The predicted molar refractivity (Wildman–Crippen MR) is 144 cm³/mol. The molecule has 1 aliphatic rings. The Hall–Kier alpha value is -4.76. The Morgan fingerprint density at radius 2 is 1.34 bits per heavy atom. The van der Waals surface area contributed by atoms with Gasteiger partial charge >= 0.3 is 0 Å². The lowest BCUT2D eigenvalue weighted by atomic mass is 9.98. The van der Waals surface area contributed by atoms with Gasteiger partial charge in [0, 0.05) is 22.5 Å². The predicted octanol–water partition coefficient (Wildman–Crippen LogP) is 8.04. The van der Waals surface area contributed by atoms with Crippen LogP contribution < -0.4 is 0 Å². The first-order chi connectivity index (χ1) is 17.4. The maximum Gasteiger partial charge on any atom is 0.0887 e. The highest BCUT2D eigenvalue weighted by atomic mass is 15.0. The van der Waals surface area contributed by atoms with Gasteiger partial charge in [-0.25, -0.2) is 0 Å². The average Bonchev–Trinajstić information content (AvgIpc) is 3.44. The van der Waals surface area contributed by atoms with Crippen molar-refractivity contribution in [2.24, 2.45) is 0 Å². The van der Waals surface area contributed by atoms with Crippen molar-refractivity contribution >= 4 is 32.6 Å². The van der Waals surface area contributed by atoms with E-state index < -0.39 is 0 Å². The third-order valence-electron chi connectivity index (χ3n) is 7.24. The molecule has 0 saturated carbocycles. The van der Waals surface area contributed by atoms with E-state index in [4.69, 9.17) is 4.98 Å². The number of para-hydroxylation sites is 1. The van der Waals surface area contributed by atoms with Crippen molar-refractivity contribution in [2.75, 3.05) is 0 Å². The maximum absolute atomic E-state index is 4.77. The summed E-state index contributed by atoms with van der Waals surface area (Å²) in [4.78, 5) is 9.22. The molecule has 35 heavy (non-hydrogen) atoms. The van der Waals surface area contributed by atoms with E-state index in [9.17, 15) is 0 Å². The summed E-state index contributed by atoms with van der Waals surface area (Å²) in [6.07, 6.45) is 3.76. The van der Waals surface area contributed by atoms with Gasteiger partial charge in [-0.3, -0.25) is 9.97 Å². The molecule has 0 fully saturated rings. The largest absolute Gasteiger partial charge is 0.308 e. The van der Waals surface area contributed by atoms with Gasteiger partial charge in [0.2, 0.25) is 0 Å². The molecule has 1 aliphatic carbocycles. The van der Waals surface area contributed by atoms with Gasteiger partial charge in [0.1, 0.15) is 0 Å². The summed E-state index contributed by atoms with van der Waals surface area (Å²) in [5.74, 6) is 0. The van der Waals surface area contributed by atoms with E-state index in [1.807, 2.05) is 24.4 Å². The second-order valence-electron chi connectivity index (χ2n) is 9.06. The van der Waals surface area contributed by atoms with E-state index in [1.54, 1.807) is 6.20 Å². The van der Waals surface area contributed by atoms with E-state index in [0.717, 1.165) is 17.1 Å². The lowest BCUT2D eigenvalue weighted by Gasteiger charge is -2.10. The summed E-state index contributed by atoms with van der Waals surface area (Å²) in [5.41, 5.74) is 10.5. The molecule has 0 N–H and O–H groups in total. The number of rotatable bonds is 2. The van der Waals surface area contributed by atoms with Gasteiger partial charge in [-0.1, -0.05) is 66.7 Å².